The lowest BCUT2D eigenvalue weighted by Crippen LogP contribution is -2.53. The Balaban J connectivity index is 1.70. The molecule has 7 nitrogen and oxygen atoms in total. The fraction of sp³-hybridized carbons (Fsp3) is 0.394. The predicted octanol–water partition coefficient (Wildman–Crippen LogP) is 6.44. The van der Waals surface area contributed by atoms with Gasteiger partial charge in [-0.1, -0.05) is 82.7 Å². The summed E-state index contributed by atoms with van der Waals surface area (Å²) in [4.78, 5) is 29.2. The first-order valence-corrected chi connectivity index (χ1v) is 16.7. The molecule has 0 bridgehead atoms. The molecule has 0 spiro atoms. The molecule has 42 heavy (non-hydrogen) atoms. The van der Waals surface area contributed by atoms with Gasteiger partial charge in [-0.25, -0.2) is 8.42 Å². The van der Waals surface area contributed by atoms with Crippen LogP contribution >= 0.6 is 15.9 Å². The van der Waals surface area contributed by atoms with Gasteiger partial charge in [0.1, 0.15) is 12.6 Å². The van der Waals surface area contributed by atoms with Crippen molar-refractivity contribution in [2.75, 3.05) is 10.8 Å². The third-order valence-corrected chi connectivity index (χ3v) is 10.1. The van der Waals surface area contributed by atoms with Gasteiger partial charge >= 0.3 is 0 Å². The average Bonchev–Trinajstić information content (AvgIpc) is 2.95. The van der Waals surface area contributed by atoms with Gasteiger partial charge in [0.2, 0.25) is 11.8 Å². The lowest BCUT2D eigenvalue weighted by molar-refractivity contribution is -0.139. The van der Waals surface area contributed by atoms with Gasteiger partial charge < -0.3 is 10.2 Å². The number of anilines is 1. The summed E-state index contributed by atoms with van der Waals surface area (Å²) in [5, 5.41) is 3.14. The van der Waals surface area contributed by atoms with Gasteiger partial charge in [0.05, 0.1) is 10.6 Å². The number of aryl methyl sites for hydroxylation is 3. The highest BCUT2D eigenvalue weighted by Gasteiger charge is 2.33. The second kappa shape index (κ2) is 13.9. The zero-order chi connectivity index (χ0) is 30.4. The van der Waals surface area contributed by atoms with Crippen LogP contribution in [0.5, 0.6) is 0 Å². The van der Waals surface area contributed by atoms with Crippen molar-refractivity contribution in [3.8, 4) is 0 Å². The molecule has 0 heterocycles. The molecular weight excluding hydrogens is 614 g/mol. The maximum absolute atomic E-state index is 14.2. The quantitative estimate of drug-likeness (QED) is 0.273. The number of hydrogen-bond acceptors (Lipinski definition) is 4. The van der Waals surface area contributed by atoms with E-state index in [0.717, 1.165) is 52.4 Å². The Morgan fingerprint density at radius 2 is 1.60 bits per heavy atom. The van der Waals surface area contributed by atoms with Gasteiger partial charge in [0.25, 0.3) is 10.0 Å². The molecule has 0 radical (unpaired) electrons. The zero-order valence-corrected chi connectivity index (χ0v) is 27.2. The lowest BCUT2D eigenvalue weighted by Gasteiger charge is -2.33. The van der Waals surface area contributed by atoms with Crippen LogP contribution in [0, 0.1) is 20.8 Å². The maximum Gasteiger partial charge on any atom is 0.264 e. The maximum atomic E-state index is 14.2. The minimum Gasteiger partial charge on any atom is -0.352 e. The minimum atomic E-state index is -4.11. The van der Waals surface area contributed by atoms with Gasteiger partial charge in [-0.05, 0) is 82.0 Å². The number of nitrogens with one attached hydrogen (secondary N) is 1. The Kier molecular flexibility index (Phi) is 10.5. The number of nitrogens with zero attached hydrogens (tertiary/aromatic N) is 2. The molecule has 0 aliphatic heterocycles. The molecule has 1 aliphatic rings. The van der Waals surface area contributed by atoms with Crippen molar-refractivity contribution < 1.29 is 18.0 Å². The predicted molar refractivity (Wildman–Crippen MR) is 171 cm³/mol. The molecule has 3 aromatic carbocycles. The second-order valence-electron chi connectivity index (χ2n) is 11.3. The van der Waals surface area contributed by atoms with Crippen LogP contribution in [-0.4, -0.2) is 43.8 Å². The van der Waals surface area contributed by atoms with Crippen LogP contribution in [-0.2, 0) is 26.2 Å². The number of rotatable bonds is 10. The second-order valence-corrected chi connectivity index (χ2v) is 14.1. The summed E-state index contributed by atoms with van der Waals surface area (Å²) >= 11 is 3.49. The highest BCUT2D eigenvalue weighted by atomic mass is 79.9. The Labute approximate surface area is 258 Å². The van der Waals surface area contributed by atoms with E-state index in [1.54, 1.807) is 37.3 Å². The van der Waals surface area contributed by atoms with E-state index >= 15 is 0 Å². The third-order valence-electron chi connectivity index (χ3n) is 7.87. The molecule has 1 aliphatic carbocycles. The van der Waals surface area contributed by atoms with Gasteiger partial charge in [-0.2, -0.15) is 0 Å². The first-order valence-electron chi connectivity index (χ1n) is 14.5. The van der Waals surface area contributed by atoms with E-state index < -0.39 is 28.5 Å². The summed E-state index contributed by atoms with van der Waals surface area (Å²) in [6.45, 7) is 7.08. The summed E-state index contributed by atoms with van der Waals surface area (Å²) in [6.07, 6.45) is 5.16. The Hall–Kier alpha value is -3.17. The van der Waals surface area contributed by atoms with Crippen molar-refractivity contribution in [3.63, 3.8) is 0 Å². The van der Waals surface area contributed by atoms with Crippen molar-refractivity contribution in [2.24, 2.45) is 0 Å². The summed E-state index contributed by atoms with van der Waals surface area (Å²) in [5.41, 5.74) is 3.91. The van der Waals surface area contributed by atoms with Crippen LogP contribution in [0.1, 0.15) is 61.3 Å². The van der Waals surface area contributed by atoms with Crippen molar-refractivity contribution >= 4 is 43.5 Å². The zero-order valence-electron chi connectivity index (χ0n) is 24.8. The van der Waals surface area contributed by atoms with E-state index in [4.69, 9.17) is 0 Å². The first-order chi connectivity index (χ1) is 20.0. The smallest absolute Gasteiger partial charge is 0.264 e. The SMILES string of the molecule is Cc1ccc(S(=O)(=O)N(CC(=O)N(Cc2cccc(Br)c2)[C@H](C)C(=O)NC2CCCCC2)c2ccc(C)cc2C)cc1. The lowest BCUT2D eigenvalue weighted by atomic mass is 9.95. The van der Waals surface area contributed by atoms with E-state index in [1.165, 1.54) is 15.6 Å². The largest absolute Gasteiger partial charge is 0.352 e. The fourth-order valence-corrected chi connectivity index (χ4v) is 7.34. The summed E-state index contributed by atoms with van der Waals surface area (Å²) in [7, 11) is -4.11. The Bertz CT molecular complexity index is 1520. The van der Waals surface area contributed by atoms with Crippen molar-refractivity contribution in [2.45, 2.75) is 83.3 Å². The molecular formula is C33H40BrN3O4S. The monoisotopic (exact) mass is 653 g/mol. The Morgan fingerprint density at radius 1 is 0.929 bits per heavy atom. The number of benzene rings is 3. The number of carbonyl (C=O) groups excluding carboxylic acids is 2. The van der Waals surface area contributed by atoms with E-state index in [0.29, 0.717) is 5.69 Å². The fourth-order valence-electron chi connectivity index (χ4n) is 5.42. The van der Waals surface area contributed by atoms with Crippen LogP contribution in [0.4, 0.5) is 5.69 Å². The van der Waals surface area contributed by atoms with E-state index in [2.05, 4.69) is 21.2 Å². The standard InChI is InChI=1S/C33H40BrN3O4S/c1-23-13-16-30(17-14-23)42(40,41)37(31-18-15-24(2)19-25(31)3)22-32(38)36(21-27-9-8-10-28(34)20-27)26(4)33(39)35-29-11-6-5-7-12-29/h8-10,13-20,26,29H,5-7,11-12,21-22H2,1-4H3,(H,35,39)/t26-/m1/s1. The molecule has 224 valence electrons. The summed E-state index contributed by atoms with van der Waals surface area (Å²) in [5.74, 6) is -0.693. The normalized spacial score (nSPS) is 14.7. The molecule has 3 aromatic rings. The highest BCUT2D eigenvalue weighted by Crippen LogP contribution is 2.29. The number of hydrogen-bond donors (Lipinski definition) is 1. The van der Waals surface area contributed by atoms with Crippen LogP contribution in [0.25, 0.3) is 0 Å². The van der Waals surface area contributed by atoms with Crippen molar-refractivity contribution in [3.05, 3.63) is 93.5 Å². The molecule has 4 rings (SSSR count). The molecule has 2 amide bonds. The van der Waals surface area contributed by atoms with Gasteiger partial charge in [0.15, 0.2) is 0 Å². The van der Waals surface area contributed by atoms with Gasteiger partial charge in [-0.15, -0.1) is 0 Å². The van der Waals surface area contributed by atoms with Crippen molar-refractivity contribution in [1.29, 1.82) is 0 Å². The topological polar surface area (TPSA) is 86.8 Å². The number of carbonyl (C=O) groups is 2. The molecule has 0 aromatic heterocycles. The van der Waals surface area contributed by atoms with Crippen LogP contribution < -0.4 is 9.62 Å². The van der Waals surface area contributed by atoms with E-state index in [9.17, 15) is 18.0 Å². The highest BCUT2D eigenvalue weighted by molar-refractivity contribution is 9.10. The molecule has 1 saturated carbocycles. The van der Waals surface area contributed by atoms with Crippen LogP contribution in [0.15, 0.2) is 76.1 Å². The van der Waals surface area contributed by atoms with Gasteiger partial charge in [0, 0.05) is 17.1 Å². The molecule has 0 saturated heterocycles. The molecule has 1 N–H and O–H groups in total. The third kappa shape index (κ3) is 7.81. The van der Waals surface area contributed by atoms with Crippen LogP contribution in [0.3, 0.4) is 0 Å². The first kappa shape index (κ1) is 31.8. The minimum absolute atomic E-state index is 0.0881. The Morgan fingerprint density at radius 3 is 2.24 bits per heavy atom. The average molecular weight is 655 g/mol. The molecule has 1 atom stereocenters. The van der Waals surface area contributed by atoms with Crippen LogP contribution in [0.2, 0.25) is 0 Å². The summed E-state index contributed by atoms with van der Waals surface area (Å²) < 4.78 is 30.2. The summed E-state index contributed by atoms with van der Waals surface area (Å²) in [6, 6.07) is 18.9. The van der Waals surface area contributed by atoms with E-state index in [-0.39, 0.29) is 23.4 Å². The molecule has 9 heteroatoms. The van der Waals surface area contributed by atoms with Gasteiger partial charge in [-0.3, -0.25) is 13.9 Å². The van der Waals surface area contributed by atoms with E-state index in [1.807, 2.05) is 57.2 Å². The number of sulfonamides is 1. The molecule has 0 unspecified atom stereocenters. The molecule has 1 fully saturated rings. The number of halogens is 1. The van der Waals surface area contributed by atoms with Crippen molar-refractivity contribution in [1.82, 2.24) is 10.2 Å². The number of amides is 2.